The van der Waals surface area contributed by atoms with E-state index in [1.165, 1.54) is 10.7 Å². The number of hydrogen-bond donors (Lipinski definition) is 2. The third-order valence-corrected chi connectivity index (χ3v) is 5.18. The maximum Gasteiger partial charge on any atom is 0.191 e. The van der Waals surface area contributed by atoms with Crippen LogP contribution in [0, 0.1) is 13.8 Å². The summed E-state index contributed by atoms with van der Waals surface area (Å²) in [6.45, 7) is 14.0. The van der Waals surface area contributed by atoms with E-state index in [9.17, 15) is 0 Å². The molecule has 0 aromatic carbocycles. The molecule has 0 aliphatic rings. The van der Waals surface area contributed by atoms with Crippen LogP contribution < -0.4 is 10.6 Å². The van der Waals surface area contributed by atoms with Crippen molar-refractivity contribution in [3.05, 3.63) is 33.5 Å². The minimum Gasteiger partial charge on any atom is -0.357 e. The predicted molar refractivity (Wildman–Crippen MR) is 126 cm³/mol. The summed E-state index contributed by atoms with van der Waals surface area (Å²) in [5.41, 5.74) is 3.44. The normalized spacial score (nSPS) is 11.6. The van der Waals surface area contributed by atoms with Crippen molar-refractivity contribution in [3.8, 4) is 0 Å². The molecule has 2 rings (SSSR count). The van der Waals surface area contributed by atoms with Crippen LogP contribution in [0.1, 0.15) is 55.2 Å². The van der Waals surface area contributed by atoms with Crippen molar-refractivity contribution in [2.24, 2.45) is 4.99 Å². The van der Waals surface area contributed by atoms with E-state index in [0.717, 1.165) is 56.4 Å². The van der Waals surface area contributed by atoms with Crippen molar-refractivity contribution in [1.29, 1.82) is 0 Å². The Hall–Kier alpha value is -1.16. The molecule has 0 amide bonds. The maximum absolute atomic E-state index is 4.68. The number of aromatic nitrogens is 3. The number of halogens is 1. The molecule has 27 heavy (non-hydrogen) atoms. The van der Waals surface area contributed by atoms with Crippen molar-refractivity contribution >= 4 is 41.3 Å². The lowest BCUT2D eigenvalue weighted by Crippen LogP contribution is -2.38. The molecule has 2 aromatic rings. The van der Waals surface area contributed by atoms with Gasteiger partial charge < -0.3 is 10.6 Å². The highest BCUT2D eigenvalue weighted by Gasteiger charge is 2.06. The van der Waals surface area contributed by atoms with E-state index >= 15 is 0 Å². The zero-order valence-corrected chi connectivity index (χ0v) is 20.2. The number of hydrogen-bond acceptors (Lipinski definition) is 4. The van der Waals surface area contributed by atoms with E-state index in [4.69, 9.17) is 0 Å². The first-order chi connectivity index (χ1) is 12.5. The number of rotatable bonds is 9. The van der Waals surface area contributed by atoms with E-state index in [1.807, 2.05) is 6.92 Å². The van der Waals surface area contributed by atoms with Crippen LogP contribution in [0.4, 0.5) is 0 Å². The summed E-state index contributed by atoms with van der Waals surface area (Å²) >= 11 is 1.75. The van der Waals surface area contributed by atoms with Gasteiger partial charge in [-0.15, -0.1) is 35.3 Å². The number of nitrogens with zero attached hydrogens (tertiary/aromatic N) is 4. The summed E-state index contributed by atoms with van der Waals surface area (Å²) in [4.78, 5) is 9.35. The minimum atomic E-state index is 0. The molecular formula is C19H33IN6S. The summed E-state index contributed by atoms with van der Waals surface area (Å²) in [7, 11) is 0. The number of aryl methyl sites for hydroxylation is 3. The maximum atomic E-state index is 4.68. The molecule has 0 atom stereocenters. The van der Waals surface area contributed by atoms with Crippen molar-refractivity contribution in [1.82, 2.24) is 25.4 Å². The highest BCUT2D eigenvalue weighted by molar-refractivity contribution is 14.0. The summed E-state index contributed by atoms with van der Waals surface area (Å²) in [5.74, 6) is 1.38. The van der Waals surface area contributed by atoms with Crippen molar-refractivity contribution in [3.63, 3.8) is 0 Å². The van der Waals surface area contributed by atoms with Gasteiger partial charge in [0.15, 0.2) is 5.96 Å². The fraction of sp³-hybridized carbons (Fsp3) is 0.632. The number of aliphatic imine (C=N–C) groups is 1. The molecule has 2 aromatic heterocycles. The Bertz CT molecular complexity index is 707. The Morgan fingerprint density at radius 2 is 2.07 bits per heavy atom. The molecule has 0 unspecified atom stereocenters. The van der Waals surface area contributed by atoms with Gasteiger partial charge in [-0.3, -0.25) is 9.67 Å². The molecule has 0 aliphatic carbocycles. The van der Waals surface area contributed by atoms with Crippen LogP contribution in [0.25, 0.3) is 0 Å². The third-order valence-electron chi connectivity index (χ3n) is 3.98. The zero-order chi connectivity index (χ0) is 18.9. The molecule has 6 nitrogen and oxygen atoms in total. The van der Waals surface area contributed by atoms with Gasteiger partial charge in [0, 0.05) is 49.6 Å². The van der Waals surface area contributed by atoms with Gasteiger partial charge in [-0.2, -0.15) is 5.10 Å². The molecule has 8 heteroatoms. The van der Waals surface area contributed by atoms with Crippen LogP contribution in [0.2, 0.25) is 0 Å². The lowest BCUT2D eigenvalue weighted by Gasteiger charge is -2.11. The van der Waals surface area contributed by atoms with Gasteiger partial charge in [0.05, 0.1) is 16.4 Å². The van der Waals surface area contributed by atoms with Crippen LogP contribution in [-0.4, -0.2) is 40.4 Å². The Labute approximate surface area is 184 Å². The lowest BCUT2D eigenvalue weighted by atomic mass is 10.2. The Kier molecular flexibility index (Phi) is 10.9. The van der Waals surface area contributed by atoms with E-state index in [2.05, 4.69) is 69.5 Å². The second kappa shape index (κ2) is 12.3. The van der Waals surface area contributed by atoms with E-state index in [-0.39, 0.29) is 24.0 Å². The van der Waals surface area contributed by atoms with Gasteiger partial charge in [0.2, 0.25) is 0 Å². The molecule has 0 spiro atoms. The summed E-state index contributed by atoms with van der Waals surface area (Å²) in [5, 5.41) is 14.6. The van der Waals surface area contributed by atoms with Crippen molar-refractivity contribution in [2.75, 3.05) is 19.6 Å². The number of nitrogens with one attached hydrogen (secondary N) is 2. The lowest BCUT2D eigenvalue weighted by molar-refractivity contribution is 0.567. The summed E-state index contributed by atoms with van der Waals surface area (Å²) < 4.78 is 2.06. The summed E-state index contributed by atoms with van der Waals surface area (Å²) in [6.07, 6.45) is 1.89. The van der Waals surface area contributed by atoms with Crippen molar-refractivity contribution in [2.45, 2.75) is 59.9 Å². The Balaban J connectivity index is 0.00000364. The Morgan fingerprint density at radius 3 is 2.67 bits per heavy atom. The second-order valence-corrected chi connectivity index (χ2v) is 7.66. The van der Waals surface area contributed by atoms with Gasteiger partial charge in [-0.25, -0.2) is 4.98 Å². The summed E-state index contributed by atoms with van der Waals surface area (Å²) in [6, 6.07) is 2.11. The SMILES string of the molecule is CCNC(=NCCCn1nc(C)cc1C)NCCc1csc(C(C)C)n1.I. The van der Waals surface area contributed by atoms with Crippen LogP contribution >= 0.6 is 35.3 Å². The molecule has 0 aliphatic heterocycles. The standard InChI is InChI=1S/C19H32N6S.HI/c1-6-20-19(21-9-7-11-25-16(5)12-15(4)24-25)22-10-8-17-13-26-18(23-17)14(2)3;/h12-14H,6-11H2,1-5H3,(H2,20,21,22);1H. The average molecular weight is 504 g/mol. The molecule has 0 saturated heterocycles. The molecule has 0 saturated carbocycles. The first-order valence-electron chi connectivity index (χ1n) is 9.47. The smallest absolute Gasteiger partial charge is 0.191 e. The molecule has 0 radical (unpaired) electrons. The highest BCUT2D eigenvalue weighted by atomic mass is 127. The first kappa shape index (κ1) is 23.9. The molecular weight excluding hydrogens is 471 g/mol. The molecule has 2 heterocycles. The van der Waals surface area contributed by atoms with Crippen LogP contribution in [0.3, 0.4) is 0 Å². The monoisotopic (exact) mass is 504 g/mol. The number of thiazole rings is 1. The minimum absolute atomic E-state index is 0. The fourth-order valence-electron chi connectivity index (χ4n) is 2.67. The molecule has 2 N–H and O–H groups in total. The van der Waals surface area contributed by atoms with Gasteiger partial charge in [-0.05, 0) is 33.3 Å². The zero-order valence-electron chi connectivity index (χ0n) is 17.1. The first-order valence-corrected chi connectivity index (χ1v) is 10.3. The average Bonchev–Trinajstić information content (AvgIpc) is 3.18. The fourth-order valence-corrected chi connectivity index (χ4v) is 3.54. The van der Waals surface area contributed by atoms with Crippen LogP contribution in [0.15, 0.2) is 16.4 Å². The van der Waals surface area contributed by atoms with E-state index < -0.39 is 0 Å². The number of guanidine groups is 1. The van der Waals surface area contributed by atoms with Crippen LogP contribution in [0.5, 0.6) is 0 Å². The third kappa shape index (κ3) is 8.16. The predicted octanol–water partition coefficient (Wildman–Crippen LogP) is 3.89. The van der Waals surface area contributed by atoms with Gasteiger partial charge >= 0.3 is 0 Å². The van der Waals surface area contributed by atoms with Gasteiger partial charge in [0.1, 0.15) is 0 Å². The second-order valence-electron chi connectivity index (χ2n) is 6.77. The topological polar surface area (TPSA) is 67.1 Å². The molecule has 152 valence electrons. The highest BCUT2D eigenvalue weighted by Crippen LogP contribution is 2.19. The molecule has 0 bridgehead atoms. The Morgan fingerprint density at radius 1 is 1.30 bits per heavy atom. The van der Waals surface area contributed by atoms with Gasteiger partial charge in [-0.1, -0.05) is 13.8 Å². The van der Waals surface area contributed by atoms with E-state index in [0.29, 0.717) is 5.92 Å². The van der Waals surface area contributed by atoms with E-state index in [1.54, 1.807) is 11.3 Å². The molecule has 0 fully saturated rings. The van der Waals surface area contributed by atoms with Crippen molar-refractivity contribution < 1.29 is 0 Å². The van der Waals surface area contributed by atoms with Gasteiger partial charge in [0.25, 0.3) is 0 Å². The van der Waals surface area contributed by atoms with Crippen LogP contribution in [-0.2, 0) is 13.0 Å². The largest absolute Gasteiger partial charge is 0.357 e. The quantitative estimate of drug-likeness (QED) is 0.236.